The SMILES string of the molecule is O=C(/C=C/c1ccc(Cl)cc1Cl)Nc1nc2ccc(CN3CCOCC3)cc2s1. The van der Waals surface area contributed by atoms with Crippen molar-refractivity contribution in [2.75, 3.05) is 31.6 Å². The lowest BCUT2D eigenvalue weighted by Gasteiger charge is -2.26. The highest BCUT2D eigenvalue weighted by molar-refractivity contribution is 7.22. The molecule has 5 nitrogen and oxygen atoms in total. The van der Waals surface area contributed by atoms with Crippen LogP contribution in [0.1, 0.15) is 11.1 Å². The number of ether oxygens (including phenoxy) is 1. The number of carbonyl (C=O) groups is 1. The Labute approximate surface area is 182 Å². The number of aromatic nitrogens is 1. The Morgan fingerprint density at radius 2 is 2.03 bits per heavy atom. The van der Waals surface area contributed by atoms with Gasteiger partial charge in [-0.25, -0.2) is 4.98 Å². The van der Waals surface area contributed by atoms with Crippen molar-refractivity contribution in [3.05, 3.63) is 63.6 Å². The molecule has 2 aromatic carbocycles. The van der Waals surface area contributed by atoms with E-state index in [9.17, 15) is 4.79 Å². The molecule has 29 heavy (non-hydrogen) atoms. The number of hydrogen-bond donors (Lipinski definition) is 1. The minimum Gasteiger partial charge on any atom is -0.379 e. The van der Waals surface area contributed by atoms with Gasteiger partial charge in [0.25, 0.3) is 0 Å². The summed E-state index contributed by atoms with van der Waals surface area (Å²) < 4.78 is 6.45. The van der Waals surface area contributed by atoms with Gasteiger partial charge in [-0.2, -0.15) is 0 Å². The normalized spacial score (nSPS) is 15.2. The second kappa shape index (κ2) is 9.24. The van der Waals surface area contributed by atoms with Crippen molar-refractivity contribution < 1.29 is 9.53 Å². The Hall–Kier alpha value is -1.96. The first-order chi connectivity index (χ1) is 14.1. The van der Waals surface area contributed by atoms with Crippen LogP contribution in [0.3, 0.4) is 0 Å². The summed E-state index contributed by atoms with van der Waals surface area (Å²) in [5, 5.41) is 4.44. The number of amides is 1. The Bertz CT molecular complexity index is 1060. The molecule has 1 amide bonds. The van der Waals surface area contributed by atoms with Gasteiger partial charge in [0, 0.05) is 35.8 Å². The fourth-order valence-electron chi connectivity index (χ4n) is 3.09. The lowest BCUT2D eigenvalue weighted by Crippen LogP contribution is -2.35. The zero-order valence-electron chi connectivity index (χ0n) is 15.5. The number of carbonyl (C=O) groups excluding carboxylic acids is 1. The van der Waals surface area contributed by atoms with E-state index in [1.807, 2.05) is 6.07 Å². The van der Waals surface area contributed by atoms with E-state index in [2.05, 4.69) is 27.3 Å². The highest BCUT2D eigenvalue weighted by Crippen LogP contribution is 2.27. The third-order valence-corrected chi connectivity index (χ3v) is 6.07. The highest BCUT2D eigenvalue weighted by atomic mass is 35.5. The number of nitrogens with one attached hydrogen (secondary N) is 1. The van der Waals surface area contributed by atoms with Crippen molar-refractivity contribution in [3.8, 4) is 0 Å². The molecule has 1 N–H and O–H groups in total. The van der Waals surface area contributed by atoms with Gasteiger partial charge in [-0.05, 0) is 41.5 Å². The van der Waals surface area contributed by atoms with E-state index in [0.29, 0.717) is 15.2 Å². The zero-order chi connectivity index (χ0) is 20.2. The molecule has 1 aliphatic rings. The van der Waals surface area contributed by atoms with Gasteiger partial charge in [0.2, 0.25) is 5.91 Å². The molecule has 8 heteroatoms. The van der Waals surface area contributed by atoms with E-state index in [4.69, 9.17) is 27.9 Å². The van der Waals surface area contributed by atoms with Crippen LogP contribution >= 0.6 is 34.5 Å². The van der Waals surface area contributed by atoms with Crippen LogP contribution in [0.25, 0.3) is 16.3 Å². The van der Waals surface area contributed by atoms with Crippen molar-refractivity contribution in [3.63, 3.8) is 0 Å². The van der Waals surface area contributed by atoms with E-state index in [1.165, 1.54) is 23.0 Å². The zero-order valence-corrected chi connectivity index (χ0v) is 17.9. The smallest absolute Gasteiger partial charge is 0.250 e. The molecular formula is C21H19Cl2N3O2S. The number of morpholine rings is 1. The van der Waals surface area contributed by atoms with Crippen molar-refractivity contribution in [2.24, 2.45) is 0 Å². The molecule has 2 heterocycles. The molecule has 0 radical (unpaired) electrons. The van der Waals surface area contributed by atoms with E-state index >= 15 is 0 Å². The monoisotopic (exact) mass is 447 g/mol. The predicted molar refractivity (Wildman–Crippen MR) is 120 cm³/mol. The molecule has 0 bridgehead atoms. The number of thiazole rings is 1. The molecule has 1 fully saturated rings. The number of benzene rings is 2. The minimum atomic E-state index is -0.261. The first-order valence-corrected chi connectivity index (χ1v) is 10.8. The molecule has 1 saturated heterocycles. The number of anilines is 1. The van der Waals surface area contributed by atoms with E-state index in [-0.39, 0.29) is 5.91 Å². The molecule has 0 atom stereocenters. The van der Waals surface area contributed by atoms with Crippen LogP contribution in [0.2, 0.25) is 10.0 Å². The Morgan fingerprint density at radius 1 is 1.21 bits per heavy atom. The van der Waals surface area contributed by atoms with Gasteiger partial charge in [-0.1, -0.05) is 46.7 Å². The molecular weight excluding hydrogens is 429 g/mol. The summed E-state index contributed by atoms with van der Waals surface area (Å²) in [6.45, 7) is 4.36. The summed E-state index contributed by atoms with van der Waals surface area (Å²) >= 11 is 13.5. The first kappa shape index (κ1) is 20.3. The maximum absolute atomic E-state index is 12.3. The molecule has 0 saturated carbocycles. The summed E-state index contributed by atoms with van der Waals surface area (Å²) in [6.07, 6.45) is 3.09. The lowest BCUT2D eigenvalue weighted by atomic mass is 10.2. The quantitative estimate of drug-likeness (QED) is 0.553. The van der Waals surface area contributed by atoms with Crippen LogP contribution in [-0.4, -0.2) is 42.1 Å². The standard InChI is InChI=1S/C21H19Cl2N3O2S/c22-16-4-2-15(17(23)12-16)3-6-20(27)25-21-24-18-5-1-14(11-19(18)29-21)13-26-7-9-28-10-8-26/h1-6,11-12H,7-10,13H2,(H,24,25,27)/b6-3+. The Morgan fingerprint density at radius 3 is 2.83 bits per heavy atom. The largest absolute Gasteiger partial charge is 0.379 e. The Kier molecular flexibility index (Phi) is 6.47. The maximum Gasteiger partial charge on any atom is 0.250 e. The maximum atomic E-state index is 12.3. The number of rotatable bonds is 5. The molecule has 0 aliphatic carbocycles. The molecule has 0 spiro atoms. The fourth-order valence-corrected chi connectivity index (χ4v) is 4.49. The van der Waals surface area contributed by atoms with Gasteiger partial charge in [-0.3, -0.25) is 15.0 Å². The van der Waals surface area contributed by atoms with Crippen molar-refractivity contribution in [1.82, 2.24) is 9.88 Å². The number of hydrogen-bond acceptors (Lipinski definition) is 5. The van der Waals surface area contributed by atoms with Crippen molar-refractivity contribution >= 4 is 61.9 Å². The van der Waals surface area contributed by atoms with Crippen LogP contribution in [0, 0.1) is 0 Å². The van der Waals surface area contributed by atoms with Gasteiger partial charge < -0.3 is 4.74 Å². The third-order valence-electron chi connectivity index (χ3n) is 4.57. The molecule has 1 aromatic heterocycles. The van der Waals surface area contributed by atoms with Crippen LogP contribution in [0.15, 0.2) is 42.5 Å². The molecule has 1 aliphatic heterocycles. The van der Waals surface area contributed by atoms with Crippen LogP contribution < -0.4 is 5.32 Å². The van der Waals surface area contributed by atoms with E-state index in [0.717, 1.165) is 48.6 Å². The topological polar surface area (TPSA) is 54.5 Å². The third kappa shape index (κ3) is 5.35. The summed E-state index contributed by atoms with van der Waals surface area (Å²) in [7, 11) is 0. The summed E-state index contributed by atoms with van der Waals surface area (Å²) in [6, 6.07) is 11.4. The predicted octanol–water partition coefficient (Wildman–Crippen LogP) is 5.09. The van der Waals surface area contributed by atoms with Gasteiger partial charge >= 0.3 is 0 Å². The second-order valence-corrected chi connectivity index (χ2v) is 8.57. The first-order valence-electron chi connectivity index (χ1n) is 9.20. The minimum absolute atomic E-state index is 0.261. The highest BCUT2D eigenvalue weighted by Gasteiger charge is 2.12. The van der Waals surface area contributed by atoms with Gasteiger partial charge in [0.1, 0.15) is 0 Å². The van der Waals surface area contributed by atoms with E-state index < -0.39 is 0 Å². The molecule has 3 aromatic rings. The summed E-state index contributed by atoms with van der Waals surface area (Å²) in [5.74, 6) is -0.261. The van der Waals surface area contributed by atoms with Gasteiger partial charge in [0.15, 0.2) is 5.13 Å². The lowest BCUT2D eigenvalue weighted by molar-refractivity contribution is -0.111. The molecule has 0 unspecified atom stereocenters. The Balaban J connectivity index is 1.42. The average Bonchev–Trinajstić information content (AvgIpc) is 3.09. The number of fused-ring (bicyclic) bond motifs is 1. The van der Waals surface area contributed by atoms with E-state index in [1.54, 1.807) is 24.3 Å². The number of nitrogens with zero attached hydrogens (tertiary/aromatic N) is 2. The van der Waals surface area contributed by atoms with Gasteiger partial charge in [-0.15, -0.1) is 0 Å². The summed E-state index contributed by atoms with van der Waals surface area (Å²) in [5.41, 5.74) is 2.84. The van der Waals surface area contributed by atoms with Gasteiger partial charge in [0.05, 0.1) is 23.4 Å². The molecule has 4 rings (SSSR count). The van der Waals surface area contributed by atoms with Crippen LogP contribution in [-0.2, 0) is 16.1 Å². The second-order valence-electron chi connectivity index (χ2n) is 6.70. The van der Waals surface area contributed by atoms with Crippen molar-refractivity contribution in [1.29, 1.82) is 0 Å². The number of halogens is 2. The average molecular weight is 448 g/mol. The summed E-state index contributed by atoms with van der Waals surface area (Å²) in [4.78, 5) is 19.1. The molecule has 150 valence electrons. The van der Waals surface area contributed by atoms with Crippen molar-refractivity contribution in [2.45, 2.75) is 6.54 Å². The fraction of sp³-hybridized carbons (Fsp3) is 0.238. The van der Waals surface area contributed by atoms with Crippen LogP contribution in [0.4, 0.5) is 5.13 Å². The van der Waals surface area contributed by atoms with Crippen LogP contribution in [0.5, 0.6) is 0 Å².